The molecule has 0 aliphatic carbocycles. The van der Waals surface area contributed by atoms with Gasteiger partial charge in [-0.25, -0.2) is 0 Å². The molecule has 1 atom stereocenters. The summed E-state index contributed by atoms with van der Waals surface area (Å²) in [5, 5.41) is 0. The molecular weight excluding hydrogens is 190 g/mol. The van der Waals surface area contributed by atoms with Crippen LogP contribution in [0.5, 0.6) is 0 Å². The summed E-state index contributed by atoms with van der Waals surface area (Å²) in [5.41, 5.74) is 0. The van der Waals surface area contributed by atoms with Gasteiger partial charge in [0.25, 0.3) is 0 Å². The highest BCUT2D eigenvalue weighted by atomic mass is 16.5. The largest absolute Gasteiger partial charge is 0.465 e. The molecule has 15 heavy (non-hydrogen) atoms. The molecule has 0 amide bonds. The highest BCUT2D eigenvalue weighted by Crippen LogP contribution is 2.13. The lowest BCUT2D eigenvalue weighted by molar-refractivity contribution is -0.149. The van der Waals surface area contributed by atoms with Crippen molar-refractivity contribution in [1.29, 1.82) is 0 Å². The number of carbonyl (C=O) groups is 1. The van der Waals surface area contributed by atoms with E-state index in [9.17, 15) is 4.79 Å². The van der Waals surface area contributed by atoms with E-state index in [-0.39, 0.29) is 12.0 Å². The second-order valence-electron chi connectivity index (χ2n) is 4.23. The third kappa shape index (κ3) is 4.20. The molecule has 0 N–H and O–H groups in total. The van der Waals surface area contributed by atoms with E-state index in [1.807, 2.05) is 13.8 Å². The summed E-state index contributed by atoms with van der Waals surface area (Å²) in [6.45, 7) is 6.38. The average Bonchev–Trinajstić information content (AvgIpc) is 2.16. The first kappa shape index (κ1) is 12.5. The van der Waals surface area contributed by atoms with Gasteiger partial charge in [0, 0.05) is 0 Å². The molecule has 1 heterocycles. The van der Waals surface area contributed by atoms with Gasteiger partial charge in [0.1, 0.15) is 6.04 Å². The Morgan fingerprint density at radius 1 is 1.20 bits per heavy atom. The van der Waals surface area contributed by atoms with Crippen LogP contribution in [0.1, 0.15) is 46.0 Å². The van der Waals surface area contributed by atoms with Gasteiger partial charge < -0.3 is 4.74 Å². The van der Waals surface area contributed by atoms with Gasteiger partial charge in [0.15, 0.2) is 0 Å². The first-order chi connectivity index (χ1) is 7.25. The van der Waals surface area contributed by atoms with Crippen molar-refractivity contribution in [2.45, 2.75) is 52.0 Å². The van der Waals surface area contributed by atoms with Gasteiger partial charge in [-0.3, -0.25) is 9.69 Å². The van der Waals surface area contributed by atoms with Crippen molar-refractivity contribution < 1.29 is 9.53 Å². The number of hydrogen-bond donors (Lipinski definition) is 0. The highest BCUT2D eigenvalue weighted by Gasteiger charge is 2.22. The van der Waals surface area contributed by atoms with Crippen LogP contribution in [0.3, 0.4) is 0 Å². The minimum Gasteiger partial charge on any atom is -0.465 e. The van der Waals surface area contributed by atoms with Crippen LogP contribution >= 0.6 is 0 Å². The topological polar surface area (TPSA) is 29.5 Å². The van der Waals surface area contributed by atoms with Crippen molar-refractivity contribution in [3.63, 3.8) is 0 Å². The zero-order valence-corrected chi connectivity index (χ0v) is 10.00. The van der Waals surface area contributed by atoms with Gasteiger partial charge >= 0.3 is 5.97 Å². The molecule has 1 saturated heterocycles. The molecule has 1 aliphatic heterocycles. The van der Waals surface area contributed by atoms with Gasteiger partial charge in [-0.05, 0) is 39.8 Å². The maximum absolute atomic E-state index is 11.6. The van der Waals surface area contributed by atoms with Gasteiger partial charge in [0.2, 0.25) is 0 Å². The fourth-order valence-corrected chi connectivity index (χ4v) is 2.07. The van der Waals surface area contributed by atoms with E-state index in [4.69, 9.17) is 4.74 Å². The molecule has 0 aromatic rings. The SMILES string of the molecule is CCOC(=O)[C@@H](C)N1CCCCCCC1. The predicted molar refractivity (Wildman–Crippen MR) is 60.8 cm³/mol. The lowest BCUT2D eigenvalue weighted by Crippen LogP contribution is -2.41. The zero-order chi connectivity index (χ0) is 11.1. The minimum absolute atomic E-state index is 0.0666. The first-order valence-corrected chi connectivity index (χ1v) is 6.16. The molecule has 1 rings (SSSR count). The molecule has 0 saturated carbocycles. The Kier molecular flexibility index (Phi) is 5.69. The van der Waals surface area contributed by atoms with Crippen molar-refractivity contribution in [1.82, 2.24) is 4.90 Å². The highest BCUT2D eigenvalue weighted by molar-refractivity contribution is 5.75. The minimum atomic E-state index is -0.0712. The monoisotopic (exact) mass is 213 g/mol. The van der Waals surface area contributed by atoms with Gasteiger partial charge in [-0.2, -0.15) is 0 Å². The van der Waals surface area contributed by atoms with Gasteiger partial charge in [0.05, 0.1) is 6.61 Å². The fraction of sp³-hybridized carbons (Fsp3) is 0.917. The molecule has 1 aliphatic rings. The Balaban J connectivity index is 2.40. The summed E-state index contributed by atoms with van der Waals surface area (Å²) in [5.74, 6) is -0.0712. The van der Waals surface area contributed by atoms with E-state index in [1.54, 1.807) is 0 Å². The summed E-state index contributed by atoms with van der Waals surface area (Å²) < 4.78 is 5.05. The lowest BCUT2D eigenvalue weighted by Gasteiger charge is -2.28. The number of rotatable bonds is 3. The number of hydrogen-bond acceptors (Lipinski definition) is 3. The van der Waals surface area contributed by atoms with Gasteiger partial charge in [-0.1, -0.05) is 19.3 Å². The van der Waals surface area contributed by atoms with Crippen LogP contribution in [0.15, 0.2) is 0 Å². The smallest absolute Gasteiger partial charge is 0.323 e. The fourth-order valence-electron chi connectivity index (χ4n) is 2.07. The molecule has 3 heteroatoms. The number of nitrogens with zero attached hydrogens (tertiary/aromatic N) is 1. The second-order valence-corrected chi connectivity index (χ2v) is 4.23. The molecule has 0 aromatic heterocycles. The number of ether oxygens (including phenoxy) is 1. The Morgan fingerprint density at radius 2 is 1.73 bits per heavy atom. The van der Waals surface area contributed by atoms with Crippen molar-refractivity contribution in [2.24, 2.45) is 0 Å². The van der Waals surface area contributed by atoms with Crippen molar-refractivity contribution >= 4 is 5.97 Å². The molecule has 0 bridgehead atoms. The van der Waals surface area contributed by atoms with Crippen LogP contribution in [0.2, 0.25) is 0 Å². The van der Waals surface area contributed by atoms with E-state index in [2.05, 4.69) is 4.90 Å². The summed E-state index contributed by atoms with van der Waals surface area (Å²) in [4.78, 5) is 13.8. The maximum Gasteiger partial charge on any atom is 0.323 e. The van der Waals surface area contributed by atoms with E-state index < -0.39 is 0 Å². The predicted octanol–water partition coefficient (Wildman–Crippen LogP) is 2.20. The number of carbonyl (C=O) groups excluding carboxylic acids is 1. The van der Waals surface area contributed by atoms with Crippen LogP contribution in [0.4, 0.5) is 0 Å². The Labute approximate surface area is 92.8 Å². The molecule has 3 nitrogen and oxygen atoms in total. The van der Waals surface area contributed by atoms with E-state index in [1.165, 1.54) is 32.1 Å². The summed E-state index contributed by atoms with van der Waals surface area (Å²) in [6, 6.07) is -0.0666. The van der Waals surface area contributed by atoms with Crippen LogP contribution < -0.4 is 0 Å². The van der Waals surface area contributed by atoms with Crippen LogP contribution in [-0.2, 0) is 9.53 Å². The second kappa shape index (κ2) is 6.83. The first-order valence-electron chi connectivity index (χ1n) is 6.16. The van der Waals surface area contributed by atoms with E-state index in [0.29, 0.717) is 6.61 Å². The summed E-state index contributed by atoms with van der Waals surface area (Å²) >= 11 is 0. The van der Waals surface area contributed by atoms with E-state index >= 15 is 0 Å². The van der Waals surface area contributed by atoms with Crippen molar-refractivity contribution in [3.05, 3.63) is 0 Å². The van der Waals surface area contributed by atoms with Crippen LogP contribution in [0.25, 0.3) is 0 Å². The third-order valence-corrected chi connectivity index (χ3v) is 3.07. The molecule has 0 unspecified atom stereocenters. The Bertz CT molecular complexity index is 186. The van der Waals surface area contributed by atoms with Crippen molar-refractivity contribution in [3.8, 4) is 0 Å². The van der Waals surface area contributed by atoms with Gasteiger partial charge in [-0.15, -0.1) is 0 Å². The lowest BCUT2D eigenvalue weighted by atomic mass is 10.1. The molecule has 0 aromatic carbocycles. The summed E-state index contributed by atoms with van der Waals surface area (Å²) in [7, 11) is 0. The molecule has 88 valence electrons. The molecular formula is C12H23NO2. The number of esters is 1. The van der Waals surface area contributed by atoms with Crippen LogP contribution in [-0.4, -0.2) is 36.6 Å². The molecule has 0 radical (unpaired) electrons. The number of likely N-dealkylation sites (tertiary alicyclic amines) is 1. The summed E-state index contributed by atoms with van der Waals surface area (Å²) in [6.07, 6.45) is 6.37. The Morgan fingerprint density at radius 3 is 2.27 bits per heavy atom. The Hall–Kier alpha value is -0.570. The quantitative estimate of drug-likeness (QED) is 0.673. The normalized spacial score (nSPS) is 21.5. The molecule has 0 spiro atoms. The maximum atomic E-state index is 11.6. The van der Waals surface area contributed by atoms with Crippen LogP contribution in [0, 0.1) is 0 Å². The van der Waals surface area contributed by atoms with Crippen molar-refractivity contribution in [2.75, 3.05) is 19.7 Å². The third-order valence-electron chi connectivity index (χ3n) is 3.07. The zero-order valence-electron chi connectivity index (χ0n) is 10.00. The molecule has 1 fully saturated rings. The van der Waals surface area contributed by atoms with E-state index in [0.717, 1.165) is 13.1 Å². The standard InChI is InChI=1S/C12H23NO2/c1-3-15-12(14)11(2)13-9-7-5-4-6-8-10-13/h11H,3-10H2,1-2H3/t11-/m1/s1. The average molecular weight is 213 g/mol.